The second-order valence-electron chi connectivity index (χ2n) is 5.40. The van der Waals surface area contributed by atoms with Gasteiger partial charge in [-0.3, -0.25) is 0 Å². The topological polar surface area (TPSA) is 57.2 Å². The van der Waals surface area contributed by atoms with E-state index < -0.39 is 0 Å². The van der Waals surface area contributed by atoms with Gasteiger partial charge in [-0.15, -0.1) is 0 Å². The Morgan fingerprint density at radius 1 is 1.05 bits per heavy atom. The van der Waals surface area contributed by atoms with E-state index in [1.807, 2.05) is 24.5 Å². The van der Waals surface area contributed by atoms with Gasteiger partial charge in [-0.05, 0) is 19.2 Å². The molecule has 0 aromatic carbocycles. The molecule has 0 saturated carbocycles. The maximum Gasteiger partial charge on any atom is 0.225 e. The third-order valence-corrected chi connectivity index (χ3v) is 3.90. The summed E-state index contributed by atoms with van der Waals surface area (Å²) in [7, 11) is 2.14. The van der Waals surface area contributed by atoms with Crippen LogP contribution in [0.5, 0.6) is 0 Å². The van der Waals surface area contributed by atoms with Crippen molar-refractivity contribution in [2.75, 3.05) is 43.4 Å². The van der Waals surface area contributed by atoms with E-state index in [1.165, 1.54) is 0 Å². The molecule has 1 aliphatic heterocycles. The molecular weight excluding hydrogens is 300 g/mol. The number of rotatable bonds is 4. The highest BCUT2D eigenvalue weighted by Gasteiger charge is 2.15. The van der Waals surface area contributed by atoms with Gasteiger partial charge in [0.2, 0.25) is 5.95 Å². The van der Waals surface area contributed by atoms with Gasteiger partial charge in [-0.1, -0.05) is 11.6 Å². The Morgan fingerprint density at radius 3 is 2.41 bits per heavy atom. The lowest BCUT2D eigenvalue weighted by Crippen LogP contribution is -2.45. The summed E-state index contributed by atoms with van der Waals surface area (Å²) in [5.41, 5.74) is 1.02. The third-order valence-electron chi connectivity index (χ3n) is 3.68. The average Bonchev–Trinajstić information content (AvgIpc) is 2.56. The van der Waals surface area contributed by atoms with Crippen LogP contribution in [0.4, 0.5) is 11.8 Å². The minimum Gasteiger partial charge on any atom is -0.366 e. The SMILES string of the molecule is CN1CCN(c2ncc(CNc3ccc(Cl)cn3)cn2)CC1. The molecule has 1 N–H and O–H groups in total. The van der Waals surface area contributed by atoms with E-state index in [2.05, 4.69) is 37.1 Å². The number of pyridine rings is 1. The Bertz CT molecular complexity index is 592. The molecule has 116 valence electrons. The van der Waals surface area contributed by atoms with Gasteiger partial charge in [-0.25, -0.2) is 15.0 Å². The molecule has 1 aliphatic rings. The maximum atomic E-state index is 5.81. The van der Waals surface area contributed by atoms with Crippen LogP contribution >= 0.6 is 11.6 Å². The van der Waals surface area contributed by atoms with E-state index in [0.29, 0.717) is 11.6 Å². The Labute approximate surface area is 135 Å². The molecule has 0 radical (unpaired) electrons. The number of aromatic nitrogens is 3. The Hall–Kier alpha value is -1.92. The summed E-state index contributed by atoms with van der Waals surface area (Å²) in [6.45, 7) is 4.69. The summed E-state index contributed by atoms with van der Waals surface area (Å²) in [5.74, 6) is 1.59. The fourth-order valence-electron chi connectivity index (χ4n) is 2.28. The van der Waals surface area contributed by atoms with Crippen LogP contribution in [0.2, 0.25) is 5.02 Å². The van der Waals surface area contributed by atoms with Gasteiger partial charge in [0.1, 0.15) is 5.82 Å². The van der Waals surface area contributed by atoms with Crippen molar-refractivity contribution in [3.05, 3.63) is 41.3 Å². The summed E-state index contributed by atoms with van der Waals surface area (Å²) in [4.78, 5) is 17.7. The first-order chi connectivity index (χ1) is 10.7. The van der Waals surface area contributed by atoms with Gasteiger partial charge in [-0.2, -0.15) is 0 Å². The van der Waals surface area contributed by atoms with Crippen LogP contribution < -0.4 is 10.2 Å². The van der Waals surface area contributed by atoms with Crippen LogP contribution in [0.25, 0.3) is 0 Å². The molecule has 3 rings (SSSR count). The monoisotopic (exact) mass is 318 g/mol. The molecular formula is C15H19ClN6. The molecule has 0 atom stereocenters. The normalized spacial score (nSPS) is 15.8. The molecule has 0 aliphatic carbocycles. The average molecular weight is 319 g/mol. The van der Waals surface area contributed by atoms with Gasteiger partial charge in [0.15, 0.2) is 0 Å². The van der Waals surface area contributed by atoms with Crippen LogP contribution in [-0.4, -0.2) is 53.1 Å². The van der Waals surface area contributed by atoms with E-state index in [1.54, 1.807) is 6.20 Å². The van der Waals surface area contributed by atoms with Gasteiger partial charge >= 0.3 is 0 Å². The van der Waals surface area contributed by atoms with Crippen molar-refractivity contribution in [1.29, 1.82) is 0 Å². The number of nitrogens with one attached hydrogen (secondary N) is 1. The number of hydrogen-bond acceptors (Lipinski definition) is 6. The molecule has 22 heavy (non-hydrogen) atoms. The van der Waals surface area contributed by atoms with E-state index in [-0.39, 0.29) is 0 Å². The van der Waals surface area contributed by atoms with Crippen molar-refractivity contribution in [3.63, 3.8) is 0 Å². The largest absolute Gasteiger partial charge is 0.366 e. The van der Waals surface area contributed by atoms with Crippen molar-refractivity contribution >= 4 is 23.4 Å². The Morgan fingerprint density at radius 2 is 1.77 bits per heavy atom. The first-order valence-corrected chi connectivity index (χ1v) is 7.68. The number of piperazine rings is 1. The molecule has 2 aromatic rings. The fraction of sp³-hybridized carbons (Fsp3) is 0.400. The summed E-state index contributed by atoms with van der Waals surface area (Å²) >= 11 is 5.81. The molecule has 1 fully saturated rings. The maximum absolute atomic E-state index is 5.81. The third kappa shape index (κ3) is 3.84. The summed E-state index contributed by atoms with van der Waals surface area (Å²) < 4.78 is 0. The number of hydrogen-bond donors (Lipinski definition) is 1. The fourth-order valence-corrected chi connectivity index (χ4v) is 2.39. The highest BCUT2D eigenvalue weighted by atomic mass is 35.5. The van der Waals surface area contributed by atoms with Gasteiger partial charge in [0.05, 0.1) is 5.02 Å². The first kappa shape index (κ1) is 15.0. The zero-order valence-corrected chi connectivity index (χ0v) is 13.3. The predicted octanol–water partition coefficient (Wildman–Crippen LogP) is 1.89. The summed E-state index contributed by atoms with van der Waals surface area (Å²) in [6.07, 6.45) is 5.35. The molecule has 0 bridgehead atoms. The second-order valence-corrected chi connectivity index (χ2v) is 5.83. The van der Waals surface area contributed by atoms with Crippen molar-refractivity contribution in [2.45, 2.75) is 6.54 Å². The van der Waals surface area contributed by atoms with Crippen LogP contribution in [-0.2, 0) is 6.54 Å². The minimum absolute atomic E-state index is 0.630. The van der Waals surface area contributed by atoms with E-state index in [0.717, 1.165) is 43.5 Å². The van der Waals surface area contributed by atoms with Gasteiger partial charge in [0.25, 0.3) is 0 Å². The quantitative estimate of drug-likeness (QED) is 0.929. The van der Waals surface area contributed by atoms with E-state index >= 15 is 0 Å². The smallest absolute Gasteiger partial charge is 0.225 e. The Kier molecular flexibility index (Phi) is 4.70. The van der Waals surface area contributed by atoms with Crippen LogP contribution in [0.3, 0.4) is 0 Å². The molecule has 0 amide bonds. The van der Waals surface area contributed by atoms with E-state index in [9.17, 15) is 0 Å². The number of anilines is 2. The zero-order chi connectivity index (χ0) is 15.4. The molecule has 0 spiro atoms. The Balaban J connectivity index is 1.56. The summed E-state index contributed by atoms with van der Waals surface area (Å²) in [6, 6.07) is 3.66. The van der Waals surface area contributed by atoms with Crippen molar-refractivity contribution < 1.29 is 0 Å². The number of nitrogens with zero attached hydrogens (tertiary/aromatic N) is 5. The standard InChI is InChI=1S/C15H19ClN6/c1-21-4-6-22(7-5-21)15-19-9-12(10-20-15)8-17-14-3-2-13(16)11-18-14/h2-3,9-11H,4-8H2,1H3,(H,17,18). The van der Waals surface area contributed by atoms with Gasteiger partial charge < -0.3 is 15.1 Å². The van der Waals surface area contributed by atoms with Gasteiger partial charge in [0, 0.05) is 56.9 Å². The van der Waals surface area contributed by atoms with Crippen LogP contribution in [0.1, 0.15) is 5.56 Å². The molecule has 2 aromatic heterocycles. The molecule has 6 nitrogen and oxygen atoms in total. The first-order valence-electron chi connectivity index (χ1n) is 7.30. The van der Waals surface area contributed by atoms with Crippen molar-refractivity contribution in [2.24, 2.45) is 0 Å². The van der Waals surface area contributed by atoms with Crippen molar-refractivity contribution in [3.8, 4) is 0 Å². The van der Waals surface area contributed by atoms with E-state index in [4.69, 9.17) is 11.6 Å². The minimum atomic E-state index is 0.630. The molecule has 3 heterocycles. The lowest BCUT2D eigenvalue weighted by Gasteiger charge is -2.32. The van der Waals surface area contributed by atoms with Crippen molar-refractivity contribution in [1.82, 2.24) is 19.9 Å². The second kappa shape index (κ2) is 6.89. The summed E-state index contributed by atoms with van der Waals surface area (Å²) in [5, 5.41) is 3.85. The molecule has 0 unspecified atom stereocenters. The highest BCUT2D eigenvalue weighted by Crippen LogP contribution is 2.12. The lowest BCUT2D eigenvalue weighted by molar-refractivity contribution is 0.311. The number of likely N-dealkylation sites (N-methyl/N-ethyl adjacent to an activating group) is 1. The molecule has 1 saturated heterocycles. The van der Waals surface area contributed by atoms with Crippen LogP contribution in [0.15, 0.2) is 30.7 Å². The highest BCUT2D eigenvalue weighted by molar-refractivity contribution is 6.30. The lowest BCUT2D eigenvalue weighted by atomic mass is 10.3. The zero-order valence-electron chi connectivity index (χ0n) is 12.5. The predicted molar refractivity (Wildman–Crippen MR) is 88.3 cm³/mol. The number of halogens is 1. The molecule has 7 heteroatoms. The van der Waals surface area contributed by atoms with Crippen LogP contribution in [0, 0.1) is 0 Å².